The van der Waals surface area contributed by atoms with Crippen molar-refractivity contribution in [2.24, 2.45) is 23.2 Å². The van der Waals surface area contributed by atoms with Crippen molar-refractivity contribution in [1.29, 1.82) is 0 Å². The minimum atomic E-state index is -3.88. The Bertz CT molecular complexity index is 1780. The van der Waals surface area contributed by atoms with Crippen molar-refractivity contribution < 1.29 is 32.3 Å². The zero-order valence-electron chi connectivity index (χ0n) is 30.4. The molecule has 4 N–H and O–H groups in total. The molecule has 2 unspecified atom stereocenters. The van der Waals surface area contributed by atoms with Crippen LogP contribution in [0.25, 0.3) is 11.4 Å². The van der Waals surface area contributed by atoms with E-state index >= 15 is 0 Å². The molecule has 6 atom stereocenters. The maximum Gasteiger partial charge on any atom is 0.315 e. The van der Waals surface area contributed by atoms with E-state index in [0.29, 0.717) is 36.4 Å². The highest BCUT2D eigenvalue weighted by Gasteiger charge is 2.62. The van der Waals surface area contributed by atoms with E-state index in [-0.39, 0.29) is 31.0 Å². The molecular formula is C35H50N8O7S. The average molecular weight is 727 g/mol. The molecule has 4 amide bonds. The lowest BCUT2D eigenvalue weighted by Crippen LogP contribution is -2.58. The number of sulfonamides is 1. The number of ether oxygens (including phenoxy) is 1. The molecule has 3 fully saturated rings. The van der Waals surface area contributed by atoms with Gasteiger partial charge in [0.15, 0.2) is 5.78 Å². The summed E-state index contributed by atoms with van der Waals surface area (Å²) < 4.78 is 32.9. The number of hydrogen-bond donors (Lipinski definition) is 4. The Morgan fingerprint density at radius 3 is 2.27 bits per heavy atom. The standard InChI is InChI=1S/C35H50N8O7S/c1-9-10-21-19-35(21,31(46)41-51(48,49)24-15-16-24)37-30(45)26-18-22(43-40-29(39-42-43)20-11-13-23(50-8)14-12-20)17-25(26)27(44)28(33(2,3)4)36-32(47)38-34(5,6)7/h9,11-14,21-22,24-26,28H,1,10,15-19H2,2-8H3,(H,37,45)(H,41,46)(H2,36,38,47)/t21-,22+,25?,26-,28?,35+/m1/s1. The van der Waals surface area contributed by atoms with Gasteiger partial charge in [0, 0.05) is 22.9 Å². The van der Waals surface area contributed by atoms with E-state index in [1.807, 2.05) is 41.5 Å². The summed E-state index contributed by atoms with van der Waals surface area (Å²) >= 11 is 0. The quantitative estimate of drug-likeness (QED) is 0.222. The van der Waals surface area contributed by atoms with Crippen molar-refractivity contribution in [3.05, 3.63) is 36.9 Å². The van der Waals surface area contributed by atoms with Gasteiger partial charge in [-0.25, -0.2) is 13.2 Å². The zero-order chi connectivity index (χ0) is 37.5. The molecule has 0 aliphatic heterocycles. The van der Waals surface area contributed by atoms with Crippen molar-refractivity contribution in [1.82, 2.24) is 40.9 Å². The number of benzene rings is 1. The van der Waals surface area contributed by atoms with Crippen molar-refractivity contribution in [2.45, 2.75) is 108 Å². The molecule has 1 aromatic carbocycles. The molecule has 3 aliphatic carbocycles. The van der Waals surface area contributed by atoms with Crippen molar-refractivity contribution in [3.8, 4) is 17.1 Å². The summed E-state index contributed by atoms with van der Waals surface area (Å²) in [4.78, 5) is 56.9. The molecule has 15 nitrogen and oxygen atoms in total. The van der Waals surface area contributed by atoms with Crippen molar-refractivity contribution in [2.75, 3.05) is 7.11 Å². The van der Waals surface area contributed by atoms with E-state index in [1.165, 1.54) is 4.80 Å². The SMILES string of the molecule is C=CC[C@@H]1C[C@@]1(NC(=O)[C@@H]1C[C@@H](n2nnc(-c3ccc(OC)cc3)n2)CC1C(=O)C(NC(=O)NC(C)(C)C)C(C)(C)C)C(=O)NS(=O)(=O)C1CC1. The Morgan fingerprint density at radius 2 is 1.71 bits per heavy atom. The molecule has 1 heterocycles. The number of nitrogens with zero attached hydrogens (tertiary/aromatic N) is 4. The summed E-state index contributed by atoms with van der Waals surface area (Å²) in [6.07, 6.45) is 3.46. The number of ketones is 1. The van der Waals surface area contributed by atoms with Crippen LogP contribution in [0.5, 0.6) is 5.75 Å². The second kappa shape index (κ2) is 14.0. The first kappa shape index (κ1) is 37.9. The van der Waals surface area contributed by atoms with Gasteiger partial charge in [-0.1, -0.05) is 26.8 Å². The average Bonchev–Trinajstić information content (AvgIpc) is 3.90. The van der Waals surface area contributed by atoms with Crippen LogP contribution in [0.1, 0.15) is 86.1 Å². The van der Waals surface area contributed by atoms with Crippen LogP contribution >= 0.6 is 0 Å². The number of carbonyl (C=O) groups excluding carboxylic acids is 4. The van der Waals surface area contributed by atoms with Gasteiger partial charge in [-0.3, -0.25) is 19.1 Å². The molecule has 1 aromatic heterocycles. The van der Waals surface area contributed by atoms with Crippen LogP contribution in [0.2, 0.25) is 0 Å². The first-order valence-electron chi connectivity index (χ1n) is 17.3. The van der Waals surface area contributed by atoms with Crippen LogP contribution in [0, 0.1) is 23.2 Å². The molecule has 3 saturated carbocycles. The number of rotatable bonds is 13. The lowest BCUT2D eigenvalue weighted by Gasteiger charge is -2.34. The van der Waals surface area contributed by atoms with Gasteiger partial charge >= 0.3 is 6.03 Å². The molecule has 0 saturated heterocycles. The first-order valence-corrected chi connectivity index (χ1v) is 18.9. The summed E-state index contributed by atoms with van der Waals surface area (Å²) in [5, 5.41) is 21.0. The maximum absolute atomic E-state index is 14.6. The topological polar surface area (TPSA) is 203 Å². The lowest BCUT2D eigenvalue weighted by atomic mass is 9.77. The largest absolute Gasteiger partial charge is 0.497 e. The fraction of sp³-hybridized carbons (Fsp3) is 0.629. The van der Waals surface area contributed by atoms with Crippen molar-refractivity contribution >= 4 is 33.7 Å². The number of urea groups is 1. The third kappa shape index (κ3) is 8.59. The Kier molecular flexibility index (Phi) is 10.4. The number of allylic oxidation sites excluding steroid dienone is 1. The van der Waals surface area contributed by atoms with E-state index in [9.17, 15) is 27.6 Å². The summed E-state index contributed by atoms with van der Waals surface area (Å²) in [5.74, 6) is -2.92. The van der Waals surface area contributed by atoms with Crippen LogP contribution in [-0.2, 0) is 24.4 Å². The van der Waals surface area contributed by atoms with Gasteiger partial charge in [0.25, 0.3) is 5.91 Å². The Hall–Kier alpha value is -4.34. The lowest BCUT2D eigenvalue weighted by molar-refractivity contribution is -0.137. The second-order valence-corrected chi connectivity index (χ2v) is 18.1. The summed E-state index contributed by atoms with van der Waals surface area (Å²) in [5.41, 5.74) is -2.08. The number of nitrogens with one attached hydrogen (secondary N) is 4. The minimum absolute atomic E-state index is 0.135. The van der Waals surface area contributed by atoms with Gasteiger partial charge in [0.05, 0.1) is 24.4 Å². The molecule has 16 heteroatoms. The number of methoxy groups -OCH3 is 1. The number of hydrogen-bond acceptors (Lipinski definition) is 10. The molecule has 3 aliphatic rings. The molecule has 51 heavy (non-hydrogen) atoms. The Labute approximate surface area is 299 Å². The van der Waals surface area contributed by atoms with Crippen LogP contribution in [0.15, 0.2) is 36.9 Å². The number of carbonyl (C=O) groups is 4. The van der Waals surface area contributed by atoms with E-state index in [0.717, 1.165) is 0 Å². The number of amides is 4. The number of tetrazole rings is 1. The maximum atomic E-state index is 14.6. The third-order valence-corrected chi connectivity index (χ3v) is 11.6. The third-order valence-electron chi connectivity index (χ3n) is 9.76. The van der Waals surface area contributed by atoms with E-state index in [4.69, 9.17) is 4.74 Å². The number of aromatic nitrogens is 4. The Morgan fingerprint density at radius 1 is 1.06 bits per heavy atom. The highest BCUT2D eigenvalue weighted by Crippen LogP contribution is 2.49. The summed E-state index contributed by atoms with van der Waals surface area (Å²) in [6.45, 7) is 14.7. The van der Waals surface area contributed by atoms with E-state index < -0.39 is 73.5 Å². The molecule has 0 radical (unpaired) electrons. The summed E-state index contributed by atoms with van der Waals surface area (Å²) in [6, 6.07) is 5.11. The molecule has 0 spiro atoms. The minimum Gasteiger partial charge on any atom is -0.497 e. The highest BCUT2D eigenvalue weighted by molar-refractivity contribution is 7.91. The smallest absolute Gasteiger partial charge is 0.315 e. The van der Waals surface area contributed by atoms with Gasteiger partial charge < -0.3 is 20.7 Å². The van der Waals surface area contributed by atoms with Crippen LogP contribution in [-0.4, -0.2) is 81.7 Å². The van der Waals surface area contributed by atoms with Crippen LogP contribution in [0.3, 0.4) is 0 Å². The van der Waals surface area contributed by atoms with Gasteiger partial charge in [-0.2, -0.15) is 4.80 Å². The zero-order valence-corrected chi connectivity index (χ0v) is 31.2. The van der Waals surface area contributed by atoms with Crippen LogP contribution < -0.4 is 25.4 Å². The summed E-state index contributed by atoms with van der Waals surface area (Å²) in [7, 11) is -2.31. The van der Waals surface area contributed by atoms with Gasteiger partial charge in [-0.15, -0.1) is 16.8 Å². The van der Waals surface area contributed by atoms with Gasteiger partial charge in [0.1, 0.15) is 11.3 Å². The monoisotopic (exact) mass is 726 g/mol. The predicted octanol–water partition coefficient (Wildman–Crippen LogP) is 3.06. The van der Waals surface area contributed by atoms with Gasteiger partial charge in [0.2, 0.25) is 21.8 Å². The van der Waals surface area contributed by atoms with E-state index in [1.54, 1.807) is 37.5 Å². The molecule has 5 rings (SSSR count). The van der Waals surface area contributed by atoms with Gasteiger partial charge in [-0.05, 0) is 100 Å². The normalized spacial score (nSPS) is 25.3. The molecule has 0 bridgehead atoms. The highest BCUT2D eigenvalue weighted by atomic mass is 32.2. The fourth-order valence-electron chi connectivity index (χ4n) is 6.77. The fourth-order valence-corrected chi connectivity index (χ4v) is 8.14. The van der Waals surface area contributed by atoms with Crippen molar-refractivity contribution in [3.63, 3.8) is 0 Å². The predicted molar refractivity (Wildman–Crippen MR) is 189 cm³/mol. The molecular weight excluding hydrogens is 677 g/mol. The molecule has 278 valence electrons. The second-order valence-electron chi connectivity index (χ2n) is 16.1. The van der Waals surface area contributed by atoms with E-state index in [2.05, 4.69) is 42.7 Å². The Balaban J connectivity index is 1.44. The van der Waals surface area contributed by atoms with Crippen LogP contribution in [0.4, 0.5) is 4.79 Å². The first-order chi connectivity index (χ1) is 23.8. The molecule has 2 aromatic rings. The number of Topliss-reactive ketones (excluding diaryl/α,β-unsaturated/α-hetero) is 1.